The smallest absolute Gasteiger partial charge is 0.329 e. The zero-order chi connectivity index (χ0) is 21.2. The first-order valence-electron chi connectivity index (χ1n) is 10.3. The van der Waals surface area contributed by atoms with Crippen molar-refractivity contribution < 1.29 is 19.4 Å². The van der Waals surface area contributed by atoms with E-state index in [9.17, 15) is 4.79 Å². The standard InChI is InChI=1S/C23H29ClN2O4/c24-22-7-5-21(6-8-22)20-3-1-19(2-4-20)17-26-11-9-25(10-12-26)13-14-29-15-16-30-18-23(27)28/h1-8H,9-18H2,(H,27,28). The Labute approximate surface area is 183 Å². The highest BCUT2D eigenvalue weighted by molar-refractivity contribution is 6.30. The van der Waals surface area contributed by atoms with Crippen LogP contribution in [0, 0.1) is 0 Å². The summed E-state index contributed by atoms with van der Waals surface area (Å²) in [5.74, 6) is -0.953. The fraction of sp³-hybridized carbons (Fsp3) is 0.435. The lowest BCUT2D eigenvalue weighted by atomic mass is 10.0. The van der Waals surface area contributed by atoms with Gasteiger partial charge >= 0.3 is 5.97 Å². The predicted molar refractivity (Wildman–Crippen MR) is 118 cm³/mol. The van der Waals surface area contributed by atoms with Crippen molar-refractivity contribution in [2.45, 2.75) is 6.54 Å². The molecule has 1 fully saturated rings. The van der Waals surface area contributed by atoms with Crippen LogP contribution in [0.2, 0.25) is 5.02 Å². The number of aliphatic carboxylic acids is 1. The Morgan fingerprint density at radius 3 is 2.03 bits per heavy atom. The summed E-state index contributed by atoms with van der Waals surface area (Å²) in [5.41, 5.74) is 3.70. The third kappa shape index (κ3) is 7.70. The molecule has 0 bridgehead atoms. The average Bonchev–Trinajstić information content (AvgIpc) is 2.75. The van der Waals surface area contributed by atoms with Gasteiger partial charge in [0, 0.05) is 44.3 Å². The van der Waals surface area contributed by atoms with Crippen molar-refractivity contribution in [1.29, 1.82) is 0 Å². The van der Waals surface area contributed by atoms with E-state index >= 15 is 0 Å². The Kier molecular flexibility index (Phi) is 9.11. The van der Waals surface area contributed by atoms with Crippen molar-refractivity contribution in [3.8, 4) is 11.1 Å². The Hall–Kier alpha value is -1.96. The molecule has 1 aliphatic heterocycles. The zero-order valence-corrected chi connectivity index (χ0v) is 17.9. The molecular weight excluding hydrogens is 404 g/mol. The molecule has 0 aromatic heterocycles. The van der Waals surface area contributed by atoms with Gasteiger partial charge in [-0.3, -0.25) is 9.80 Å². The largest absolute Gasteiger partial charge is 0.480 e. The second kappa shape index (κ2) is 12.0. The van der Waals surface area contributed by atoms with E-state index in [0.29, 0.717) is 19.8 Å². The van der Waals surface area contributed by atoms with Gasteiger partial charge in [-0.05, 0) is 28.8 Å². The molecule has 1 N–H and O–H groups in total. The molecule has 1 saturated heterocycles. The minimum absolute atomic E-state index is 0.269. The van der Waals surface area contributed by atoms with E-state index in [1.165, 1.54) is 16.7 Å². The lowest BCUT2D eigenvalue weighted by Gasteiger charge is -2.34. The minimum Gasteiger partial charge on any atom is -0.480 e. The van der Waals surface area contributed by atoms with Crippen molar-refractivity contribution in [2.24, 2.45) is 0 Å². The first kappa shape index (κ1) is 22.7. The molecule has 0 atom stereocenters. The Balaban J connectivity index is 1.32. The number of rotatable bonds is 11. The van der Waals surface area contributed by atoms with Crippen LogP contribution in [0.5, 0.6) is 0 Å². The van der Waals surface area contributed by atoms with Crippen molar-refractivity contribution in [2.75, 3.05) is 59.2 Å². The van der Waals surface area contributed by atoms with Gasteiger partial charge in [0.15, 0.2) is 0 Å². The number of halogens is 1. The van der Waals surface area contributed by atoms with E-state index < -0.39 is 5.97 Å². The lowest BCUT2D eigenvalue weighted by molar-refractivity contribution is -0.142. The Bertz CT molecular complexity index is 775. The average molecular weight is 433 g/mol. The van der Waals surface area contributed by atoms with Gasteiger partial charge < -0.3 is 14.6 Å². The zero-order valence-electron chi connectivity index (χ0n) is 17.1. The normalized spacial score (nSPS) is 15.4. The van der Waals surface area contributed by atoms with Gasteiger partial charge in [-0.15, -0.1) is 0 Å². The van der Waals surface area contributed by atoms with Gasteiger partial charge in [-0.1, -0.05) is 48.0 Å². The Morgan fingerprint density at radius 2 is 1.40 bits per heavy atom. The number of carboxylic acid groups (broad SMARTS) is 1. The van der Waals surface area contributed by atoms with Gasteiger partial charge in [0.25, 0.3) is 0 Å². The molecule has 7 heteroatoms. The molecular formula is C23H29ClN2O4. The number of hydrogen-bond acceptors (Lipinski definition) is 5. The monoisotopic (exact) mass is 432 g/mol. The van der Waals surface area contributed by atoms with Gasteiger partial charge in [-0.25, -0.2) is 4.79 Å². The quantitative estimate of drug-likeness (QED) is 0.550. The highest BCUT2D eigenvalue weighted by Gasteiger charge is 2.16. The number of carboxylic acids is 1. The second-order valence-electron chi connectivity index (χ2n) is 7.38. The maximum atomic E-state index is 10.3. The summed E-state index contributed by atoms with van der Waals surface area (Å²) in [5, 5.41) is 9.24. The molecule has 0 spiro atoms. The SMILES string of the molecule is O=C(O)COCCOCCN1CCN(Cc2ccc(-c3ccc(Cl)cc3)cc2)CC1. The van der Waals surface area contributed by atoms with Crippen LogP contribution in [0.15, 0.2) is 48.5 Å². The van der Waals surface area contributed by atoms with Gasteiger partial charge in [-0.2, -0.15) is 0 Å². The molecule has 2 aromatic carbocycles. The minimum atomic E-state index is -0.953. The van der Waals surface area contributed by atoms with Crippen LogP contribution in [-0.4, -0.2) is 80.0 Å². The third-order valence-electron chi connectivity index (χ3n) is 5.15. The fourth-order valence-electron chi connectivity index (χ4n) is 3.45. The van der Waals surface area contributed by atoms with Gasteiger partial charge in [0.05, 0.1) is 19.8 Å². The van der Waals surface area contributed by atoms with E-state index in [0.717, 1.165) is 44.3 Å². The third-order valence-corrected chi connectivity index (χ3v) is 5.40. The van der Waals surface area contributed by atoms with Crippen LogP contribution in [0.1, 0.15) is 5.56 Å². The second-order valence-corrected chi connectivity index (χ2v) is 7.82. The summed E-state index contributed by atoms with van der Waals surface area (Å²) >= 11 is 5.97. The molecule has 3 rings (SSSR count). The molecule has 162 valence electrons. The van der Waals surface area contributed by atoms with Crippen molar-refractivity contribution >= 4 is 17.6 Å². The lowest BCUT2D eigenvalue weighted by Crippen LogP contribution is -2.46. The summed E-state index contributed by atoms with van der Waals surface area (Å²) in [4.78, 5) is 15.2. The highest BCUT2D eigenvalue weighted by atomic mass is 35.5. The summed E-state index contributed by atoms with van der Waals surface area (Å²) in [6.45, 7) is 7.12. The fourth-order valence-corrected chi connectivity index (χ4v) is 3.57. The summed E-state index contributed by atoms with van der Waals surface area (Å²) < 4.78 is 10.5. The van der Waals surface area contributed by atoms with E-state index in [4.69, 9.17) is 26.2 Å². The molecule has 0 radical (unpaired) electrons. The van der Waals surface area contributed by atoms with Crippen molar-refractivity contribution in [3.05, 3.63) is 59.1 Å². The van der Waals surface area contributed by atoms with Crippen LogP contribution < -0.4 is 0 Å². The summed E-state index contributed by atoms with van der Waals surface area (Å²) in [7, 11) is 0. The summed E-state index contributed by atoms with van der Waals surface area (Å²) in [6, 6.07) is 16.7. The van der Waals surface area contributed by atoms with Crippen LogP contribution in [-0.2, 0) is 20.8 Å². The number of benzene rings is 2. The van der Waals surface area contributed by atoms with Gasteiger partial charge in [0.2, 0.25) is 0 Å². The van der Waals surface area contributed by atoms with Crippen molar-refractivity contribution in [1.82, 2.24) is 9.80 Å². The van der Waals surface area contributed by atoms with E-state index in [-0.39, 0.29) is 6.61 Å². The molecule has 0 unspecified atom stereocenters. The number of carbonyl (C=O) groups is 1. The van der Waals surface area contributed by atoms with Crippen LogP contribution >= 0.6 is 11.6 Å². The first-order valence-corrected chi connectivity index (χ1v) is 10.6. The highest BCUT2D eigenvalue weighted by Crippen LogP contribution is 2.22. The molecule has 0 amide bonds. The maximum Gasteiger partial charge on any atom is 0.329 e. The number of ether oxygens (including phenoxy) is 2. The Morgan fingerprint density at radius 1 is 0.833 bits per heavy atom. The number of hydrogen-bond donors (Lipinski definition) is 1. The number of nitrogens with zero attached hydrogens (tertiary/aromatic N) is 2. The van der Waals surface area contributed by atoms with E-state index in [2.05, 4.69) is 34.1 Å². The van der Waals surface area contributed by atoms with E-state index in [1.54, 1.807) is 0 Å². The van der Waals surface area contributed by atoms with Crippen LogP contribution in [0.4, 0.5) is 0 Å². The van der Waals surface area contributed by atoms with Crippen molar-refractivity contribution in [3.63, 3.8) is 0 Å². The number of piperazine rings is 1. The predicted octanol–water partition coefficient (Wildman–Crippen LogP) is 3.24. The van der Waals surface area contributed by atoms with Crippen LogP contribution in [0.3, 0.4) is 0 Å². The van der Waals surface area contributed by atoms with E-state index in [1.807, 2.05) is 24.3 Å². The molecule has 1 heterocycles. The first-order chi connectivity index (χ1) is 14.6. The van der Waals surface area contributed by atoms with Crippen LogP contribution in [0.25, 0.3) is 11.1 Å². The molecule has 30 heavy (non-hydrogen) atoms. The topological polar surface area (TPSA) is 62.2 Å². The molecule has 0 aliphatic carbocycles. The summed E-state index contributed by atoms with van der Waals surface area (Å²) in [6.07, 6.45) is 0. The molecule has 2 aromatic rings. The molecule has 6 nitrogen and oxygen atoms in total. The molecule has 1 aliphatic rings. The molecule has 0 saturated carbocycles. The maximum absolute atomic E-state index is 10.3. The van der Waals surface area contributed by atoms with Gasteiger partial charge in [0.1, 0.15) is 6.61 Å².